The number of nitrogens with one attached hydrogen (secondary N) is 1. The molecule has 9 heteroatoms. The van der Waals surface area contributed by atoms with Crippen LogP contribution in [0.5, 0.6) is 5.88 Å². The number of hydrogen-bond acceptors (Lipinski definition) is 6. The zero-order valence-electron chi connectivity index (χ0n) is 14.4. The SMILES string of the molecule is CN1CCOc2nc(-c3ccc4c(cnn4C4=CC(=O)NS4=O)c3)ccc21. The van der Waals surface area contributed by atoms with Crippen molar-refractivity contribution in [2.75, 3.05) is 25.1 Å². The lowest BCUT2D eigenvalue weighted by atomic mass is 10.1. The smallest absolute Gasteiger partial charge is 0.258 e. The molecule has 3 aromatic rings. The van der Waals surface area contributed by atoms with Crippen LogP contribution in [-0.2, 0) is 15.8 Å². The lowest BCUT2D eigenvalue weighted by Gasteiger charge is -2.26. The largest absolute Gasteiger partial charge is 0.474 e. The van der Waals surface area contributed by atoms with Crippen molar-refractivity contribution in [3.05, 3.63) is 42.6 Å². The molecule has 0 spiro atoms. The second-order valence-electron chi connectivity index (χ2n) is 6.34. The van der Waals surface area contributed by atoms with E-state index in [0.717, 1.165) is 34.4 Å². The van der Waals surface area contributed by atoms with Crippen molar-refractivity contribution in [1.82, 2.24) is 19.5 Å². The van der Waals surface area contributed by atoms with Crippen LogP contribution < -0.4 is 14.4 Å². The fourth-order valence-corrected chi connectivity index (χ4v) is 4.10. The Morgan fingerprint density at radius 2 is 2.15 bits per heavy atom. The highest BCUT2D eigenvalue weighted by Gasteiger charge is 2.23. The average Bonchev–Trinajstić information content (AvgIpc) is 3.23. The lowest BCUT2D eigenvalue weighted by molar-refractivity contribution is -0.114. The molecule has 1 amide bonds. The van der Waals surface area contributed by atoms with Crippen LogP contribution in [0, 0.1) is 0 Å². The number of pyridine rings is 1. The van der Waals surface area contributed by atoms with E-state index in [1.165, 1.54) is 10.8 Å². The van der Waals surface area contributed by atoms with Gasteiger partial charge in [0.05, 0.1) is 29.6 Å². The standard InChI is InChI=1S/C18H15N5O3S/c1-22-6-7-26-18-15(22)5-3-13(20-18)11-2-4-14-12(8-11)10-19-23(14)17-9-16(24)21-27(17)25/h2-5,8-10H,6-7H2,1H3,(H,21,24). The van der Waals surface area contributed by atoms with Gasteiger partial charge >= 0.3 is 0 Å². The molecular formula is C18H15N5O3S. The molecule has 1 N–H and O–H groups in total. The molecule has 2 aromatic heterocycles. The van der Waals surface area contributed by atoms with Crippen molar-refractivity contribution >= 4 is 38.5 Å². The van der Waals surface area contributed by atoms with Gasteiger partial charge in [0, 0.05) is 24.1 Å². The number of fused-ring (bicyclic) bond motifs is 2. The van der Waals surface area contributed by atoms with Gasteiger partial charge in [0.15, 0.2) is 16.0 Å². The van der Waals surface area contributed by atoms with Crippen LogP contribution in [0.4, 0.5) is 5.69 Å². The predicted octanol–water partition coefficient (Wildman–Crippen LogP) is 1.52. The summed E-state index contributed by atoms with van der Waals surface area (Å²) in [6, 6.07) is 9.75. The summed E-state index contributed by atoms with van der Waals surface area (Å²) in [6.07, 6.45) is 2.98. The second-order valence-corrected chi connectivity index (χ2v) is 7.50. The van der Waals surface area contributed by atoms with E-state index in [-0.39, 0.29) is 5.91 Å². The van der Waals surface area contributed by atoms with Crippen LogP contribution in [0.1, 0.15) is 0 Å². The van der Waals surface area contributed by atoms with Gasteiger partial charge in [0.1, 0.15) is 6.61 Å². The zero-order valence-corrected chi connectivity index (χ0v) is 15.2. The number of ether oxygens (including phenoxy) is 1. The van der Waals surface area contributed by atoms with E-state index in [9.17, 15) is 9.00 Å². The first kappa shape index (κ1) is 16.0. The van der Waals surface area contributed by atoms with Crippen molar-refractivity contribution in [3.63, 3.8) is 0 Å². The third-order valence-electron chi connectivity index (χ3n) is 4.63. The van der Waals surface area contributed by atoms with Gasteiger partial charge in [-0.2, -0.15) is 5.10 Å². The number of carbonyl (C=O) groups excluding carboxylic acids is 1. The topological polar surface area (TPSA) is 89.3 Å². The minimum atomic E-state index is -1.59. The van der Waals surface area contributed by atoms with E-state index >= 15 is 0 Å². The summed E-state index contributed by atoms with van der Waals surface area (Å²) < 4.78 is 21.5. The van der Waals surface area contributed by atoms with Crippen LogP contribution in [0.2, 0.25) is 0 Å². The third kappa shape index (κ3) is 2.58. The van der Waals surface area contributed by atoms with Crippen molar-refractivity contribution in [2.45, 2.75) is 0 Å². The molecule has 0 fully saturated rings. The first-order chi connectivity index (χ1) is 13.1. The maximum absolute atomic E-state index is 12.0. The molecule has 136 valence electrons. The number of carbonyl (C=O) groups is 1. The number of amides is 1. The van der Waals surface area contributed by atoms with Gasteiger partial charge in [-0.1, -0.05) is 6.07 Å². The van der Waals surface area contributed by atoms with Gasteiger partial charge in [-0.3, -0.25) is 9.52 Å². The quantitative estimate of drug-likeness (QED) is 0.724. The minimum Gasteiger partial charge on any atom is -0.474 e. The summed E-state index contributed by atoms with van der Waals surface area (Å²) in [5.41, 5.74) is 3.48. The third-order valence-corrected chi connectivity index (χ3v) is 5.68. The number of rotatable bonds is 2. The number of nitrogens with zero attached hydrogens (tertiary/aromatic N) is 4. The van der Waals surface area contributed by atoms with Crippen molar-refractivity contribution in [3.8, 4) is 17.1 Å². The van der Waals surface area contributed by atoms with Crippen LogP contribution in [-0.4, -0.2) is 45.1 Å². The molecule has 1 atom stereocenters. The van der Waals surface area contributed by atoms with Crippen molar-refractivity contribution in [1.29, 1.82) is 0 Å². The van der Waals surface area contributed by atoms with E-state index < -0.39 is 11.0 Å². The normalized spacial score (nSPS) is 18.9. The molecule has 2 aliphatic rings. The van der Waals surface area contributed by atoms with Crippen LogP contribution in [0.3, 0.4) is 0 Å². The van der Waals surface area contributed by atoms with Crippen molar-refractivity contribution < 1.29 is 13.7 Å². The average molecular weight is 381 g/mol. The van der Waals surface area contributed by atoms with E-state index in [1.807, 2.05) is 37.4 Å². The molecule has 4 heterocycles. The van der Waals surface area contributed by atoms with Gasteiger partial charge < -0.3 is 9.64 Å². The summed E-state index contributed by atoms with van der Waals surface area (Å²) in [5, 5.41) is 5.48. The summed E-state index contributed by atoms with van der Waals surface area (Å²) in [7, 11) is 0.424. The van der Waals surface area contributed by atoms with E-state index in [2.05, 4.69) is 19.7 Å². The van der Waals surface area contributed by atoms with Gasteiger partial charge in [0.2, 0.25) is 5.88 Å². The Morgan fingerprint density at radius 3 is 2.96 bits per heavy atom. The van der Waals surface area contributed by atoms with E-state index in [4.69, 9.17) is 4.74 Å². The first-order valence-electron chi connectivity index (χ1n) is 8.38. The number of benzene rings is 1. The summed E-state index contributed by atoms with van der Waals surface area (Å²) in [6.45, 7) is 1.46. The molecule has 2 aliphatic heterocycles. The Kier molecular flexibility index (Phi) is 3.51. The lowest BCUT2D eigenvalue weighted by Crippen LogP contribution is -2.29. The monoisotopic (exact) mass is 381 g/mol. The fraction of sp³-hybridized carbons (Fsp3) is 0.167. The molecule has 0 bridgehead atoms. The second kappa shape index (κ2) is 5.92. The van der Waals surface area contributed by atoms with Crippen LogP contribution in [0.25, 0.3) is 27.2 Å². The fourth-order valence-electron chi connectivity index (χ4n) is 3.24. The Morgan fingerprint density at radius 1 is 1.26 bits per heavy atom. The van der Waals surface area contributed by atoms with Gasteiger partial charge in [-0.15, -0.1) is 0 Å². The Labute approximate surface area is 157 Å². The molecule has 27 heavy (non-hydrogen) atoms. The predicted molar refractivity (Wildman–Crippen MR) is 102 cm³/mol. The highest BCUT2D eigenvalue weighted by atomic mass is 32.2. The number of anilines is 1. The molecule has 0 radical (unpaired) electrons. The van der Waals surface area contributed by atoms with Gasteiger partial charge in [0.25, 0.3) is 5.91 Å². The van der Waals surface area contributed by atoms with E-state index in [0.29, 0.717) is 17.5 Å². The summed E-state index contributed by atoms with van der Waals surface area (Å²) >= 11 is 0. The Hall–Kier alpha value is -3.20. The van der Waals surface area contributed by atoms with Crippen LogP contribution in [0.15, 0.2) is 42.6 Å². The van der Waals surface area contributed by atoms with Crippen molar-refractivity contribution in [2.24, 2.45) is 0 Å². The number of hydrogen-bond donors (Lipinski definition) is 1. The maximum atomic E-state index is 12.0. The molecule has 0 saturated carbocycles. The molecule has 1 aromatic carbocycles. The van der Waals surface area contributed by atoms with Crippen LogP contribution >= 0.6 is 0 Å². The highest BCUT2D eigenvalue weighted by molar-refractivity contribution is 7.93. The molecule has 0 aliphatic carbocycles. The molecule has 8 nitrogen and oxygen atoms in total. The first-order valence-corrected chi connectivity index (χ1v) is 9.53. The Balaban J connectivity index is 1.56. The highest BCUT2D eigenvalue weighted by Crippen LogP contribution is 2.33. The summed E-state index contributed by atoms with van der Waals surface area (Å²) in [5.74, 6) is 0.250. The zero-order chi connectivity index (χ0) is 18.5. The van der Waals surface area contributed by atoms with E-state index in [1.54, 1.807) is 6.20 Å². The number of aromatic nitrogens is 3. The Bertz CT molecular complexity index is 1150. The molecule has 0 saturated heterocycles. The number of likely N-dealkylation sites (N-methyl/N-ethyl adjacent to an activating group) is 1. The molecule has 1 unspecified atom stereocenters. The van der Waals surface area contributed by atoms with Gasteiger partial charge in [-0.05, 0) is 24.3 Å². The molecule has 5 rings (SSSR count). The minimum absolute atomic E-state index is 0.325. The maximum Gasteiger partial charge on any atom is 0.258 e. The summed E-state index contributed by atoms with van der Waals surface area (Å²) in [4.78, 5) is 18.2. The van der Waals surface area contributed by atoms with Gasteiger partial charge in [-0.25, -0.2) is 13.9 Å². The molecular weight excluding hydrogens is 366 g/mol.